The van der Waals surface area contributed by atoms with E-state index in [2.05, 4.69) is 34.4 Å². The number of piperidine rings is 1. The molecule has 0 atom stereocenters. The largest absolute Gasteiger partial charge is 0.317 e. The van der Waals surface area contributed by atoms with E-state index in [4.69, 9.17) is 0 Å². The van der Waals surface area contributed by atoms with Gasteiger partial charge in [0.25, 0.3) is 0 Å². The van der Waals surface area contributed by atoms with Crippen molar-refractivity contribution in [1.29, 1.82) is 0 Å². The molecule has 1 aromatic heterocycles. The Labute approximate surface area is 91.9 Å². The lowest BCUT2D eigenvalue weighted by Gasteiger charge is -2.21. The first-order valence-corrected chi connectivity index (χ1v) is 6.13. The summed E-state index contributed by atoms with van der Waals surface area (Å²) in [6.07, 6.45) is 9.30. The van der Waals surface area contributed by atoms with Gasteiger partial charge in [0.2, 0.25) is 0 Å². The number of rotatable bonds is 4. The van der Waals surface area contributed by atoms with Crippen LogP contribution in [0.1, 0.15) is 44.1 Å². The van der Waals surface area contributed by atoms with Crippen LogP contribution < -0.4 is 5.32 Å². The molecule has 0 spiro atoms. The van der Waals surface area contributed by atoms with Crippen molar-refractivity contribution in [2.75, 3.05) is 13.1 Å². The van der Waals surface area contributed by atoms with Gasteiger partial charge in [0.05, 0.1) is 6.20 Å². The van der Waals surface area contributed by atoms with Gasteiger partial charge >= 0.3 is 0 Å². The summed E-state index contributed by atoms with van der Waals surface area (Å²) in [5.74, 6) is 0.738. The average Bonchev–Trinajstić information content (AvgIpc) is 2.76. The standard InChI is InChI=1S/C12H21N3/c1-2-3-8-15-10-12(9-14-15)11-4-6-13-7-5-11/h9-11,13H,2-8H2,1H3. The average molecular weight is 207 g/mol. The Balaban J connectivity index is 1.93. The summed E-state index contributed by atoms with van der Waals surface area (Å²) in [5.41, 5.74) is 1.44. The Hall–Kier alpha value is -0.830. The zero-order valence-electron chi connectivity index (χ0n) is 9.58. The van der Waals surface area contributed by atoms with Crippen LogP contribution in [0.3, 0.4) is 0 Å². The molecule has 2 rings (SSSR count). The minimum Gasteiger partial charge on any atom is -0.317 e. The van der Waals surface area contributed by atoms with E-state index < -0.39 is 0 Å². The van der Waals surface area contributed by atoms with Crippen molar-refractivity contribution in [3.05, 3.63) is 18.0 Å². The quantitative estimate of drug-likeness (QED) is 0.820. The molecule has 1 aromatic rings. The summed E-state index contributed by atoms with van der Waals surface area (Å²) in [6.45, 7) is 5.61. The van der Waals surface area contributed by atoms with E-state index in [0.717, 1.165) is 25.6 Å². The predicted molar refractivity (Wildman–Crippen MR) is 62.0 cm³/mol. The molecular formula is C12H21N3. The number of aromatic nitrogens is 2. The predicted octanol–water partition coefficient (Wildman–Crippen LogP) is 2.15. The van der Waals surface area contributed by atoms with Crippen molar-refractivity contribution >= 4 is 0 Å². The Kier molecular flexibility index (Phi) is 3.78. The zero-order valence-corrected chi connectivity index (χ0v) is 9.58. The number of hydrogen-bond acceptors (Lipinski definition) is 2. The summed E-state index contributed by atoms with van der Waals surface area (Å²) in [7, 11) is 0. The van der Waals surface area contributed by atoms with E-state index in [1.165, 1.54) is 31.2 Å². The number of nitrogens with zero attached hydrogens (tertiary/aromatic N) is 2. The molecule has 0 unspecified atom stereocenters. The van der Waals surface area contributed by atoms with Gasteiger partial charge in [0.15, 0.2) is 0 Å². The van der Waals surface area contributed by atoms with Gasteiger partial charge in [-0.25, -0.2) is 0 Å². The molecule has 1 aliphatic heterocycles. The fourth-order valence-corrected chi connectivity index (χ4v) is 2.19. The van der Waals surface area contributed by atoms with E-state index in [-0.39, 0.29) is 0 Å². The third kappa shape index (κ3) is 2.81. The number of aryl methyl sites for hydroxylation is 1. The highest BCUT2D eigenvalue weighted by Gasteiger charge is 2.16. The molecule has 1 aliphatic rings. The molecular weight excluding hydrogens is 186 g/mol. The van der Waals surface area contributed by atoms with Crippen LogP contribution in [-0.2, 0) is 6.54 Å². The Morgan fingerprint density at radius 1 is 1.47 bits per heavy atom. The van der Waals surface area contributed by atoms with E-state index in [1.54, 1.807) is 0 Å². The minimum absolute atomic E-state index is 0.738. The Morgan fingerprint density at radius 3 is 3.00 bits per heavy atom. The summed E-state index contributed by atoms with van der Waals surface area (Å²) < 4.78 is 2.10. The third-order valence-electron chi connectivity index (χ3n) is 3.20. The lowest BCUT2D eigenvalue weighted by molar-refractivity contribution is 0.459. The molecule has 1 fully saturated rings. The second-order valence-corrected chi connectivity index (χ2v) is 4.41. The molecule has 0 saturated carbocycles. The fourth-order valence-electron chi connectivity index (χ4n) is 2.19. The third-order valence-corrected chi connectivity index (χ3v) is 3.20. The van der Waals surface area contributed by atoms with Gasteiger partial charge in [0, 0.05) is 12.7 Å². The first kappa shape index (κ1) is 10.7. The zero-order chi connectivity index (χ0) is 10.5. The molecule has 2 heterocycles. The maximum Gasteiger partial charge on any atom is 0.0524 e. The molecule has 1 N–H and O–H groups in total. The van der Waals surface area contributed by atoms with Crippen LogP contribution in [0.4, 0.5) is 0 Å². The van der Waals surface area contributed by atoms with Gasteiger partial charge in [-0.15, -0.1) is 0 Å². The van der Waals surface area contributed by atoms with Gasteiger partial charge in [-0.05, 0) is 43.8 Å². The van der Waals surface area contributed by atoms with Crippen LogP contribution in [-0.4, -0.2) is 22.9 Å². The van der Waals surface area contributed by atoms with Crippen molar-refractivity contribution in [3.8, 4) is 0 Å². The number of unbranched alkanes of at least 4 members (excludes halogenated alkanes) is 1. The van der Waals surface area contributed by atoms with E-state index in [1.807, 2.05) is 0 Å². The Morgan fingerprint density at radius 2 is 2.27 bits per heavy atom. The maximum atomic E-state index is 4.43. The highest BCUT2D eigenvalue weighted by atomic mass is 15.3. The topological polar surface area (TPSA) is 29.9 Å². The molecule has 0 radical (unpaired) electrons. The maximum absolute atomic E-state index is 4.43. The van der Waals surface area contributed by atoms with Gasteiger partial charge in [-0.3, -0.25) is 4.68 Å². The van der Waals surface area contributed by atoms with Crippen LogP contribution in [0.15, 0.2) is 12.4 Å². The van der Waals surface area contributed by atoms with Crippen molar-refractivity contribution in [2.45, 2.75) is 45.1 Å². The molecule has 15 heavy (non-hydrogen) atoms. The number of hydrogen-bond donors (Lipinski definition) is 1. The molecule has 0 amide bonds. The molecule has 0 bridgehead atoms. The Bertz CT molecular complexity index is 287. The minimum atomic E-state index is 0.738. The highest BCUT2D eigenvalue weighted by molar-refractivity contribution is 5.12. The van der Waals surface area contributed by atoms with Gasteiger partial charge < -0.3 is 5.32 Å². The lowest BCUT2D eigenvalue weighted by atomic mass is 9.93. The summed E-state index contributed by atoms with van der Waals surface area (Å²) in [4.78, 5) is 0. The summed E-state index contributed by atoms with van der Waals surface area (Å²) >= 11 is 0. The summed E-state index contributed by atoms with van der Waals surface area (Å²) in [6, 6.07) is 0. The molecule has 0 aliphatic carbocycles. The van der Waals surface area contributed by atoms with Gasteiger partial charge in [-0.1, -0.05) is 13.3 Å². The van der Waals surface area contributed by atoms with Gasteiger partial charge in [0.1, 0.15) is 0 Å². The smallest absolute Gasteiger partial charge is 0.0524 e. The normalized spacial score (nSPS) is 18.2. The first-order chi connectivity index (χ1) is 7.40. The lowest BCUT2D eigenvalue weighted by Crippen LogP contribution is -2.26. The van der Waals surface area contributed by atoms with Crippen molar-refractivity contribution in [2.24, 2.45) is 0 Å². The fraction of sp³-hybridized carbons (Fsp3) is 0.750. The van der Waals surface area contributed by atoms with E-state index >= 15 is 0 Å². The second kappa shape index (κ2) is 5.31. The van der Waals surface area contributed by atoms with Crippen molar-refractivity contribution < 1.29 is 0 Å². The number of nitrogens with one attached hydrogen (secondary N) is 1. The molecule has 1 saturated heterocycles. The van der Waals surface area contributed by atoms with Crippen LogP contribution in [0, 0.1) is 0 Å². The van der Waals surface area contributed by atoms with Crippen LogP contribution in [0.2, 0.25) is 0 Å². The van der Waals surface area contributed by atoms with Gasteiger partial charge in [-0.2, -0.15) is 5.10 Å². The SMILES string of the molecule is CCCCn1cc(C2CCNCC2)cn1. The first-order valence-electron chi connectivity index (χ1n) is 6.13. The van der Waals surface area contributed by atoms with Crippen molar-refractivity contribution in [1.82, 2.24) is 15.1 Å². The molecule has 0 aromatic carbocycles. The highest BCUT2D eigenvalue weighted by Crippen LogP contribution is 2.24. The van der Waals surface area contributed by atoms with Crippen LogP contribution in [0.5, 0.6) is 0 Å². The van der Waals surface area contributed by atoms with Crippen LogP contribution >= 0.6 is 0 Å². The molecule has 84 valence electrons. The molecule has 3 nitrogen and oxygen atoms in total. The summed E-state index contributed by atoms with van der Waals surface area (Å²) in [5, 5.41) is 7.82. The van der Waals surface area contributed by atoms with Crippen molar-refractivity contribution in [3.63, 3.8) is 0 Å². The monoisotopic (exact) mass is 207 g/mol. The van der Waals surface area contributed by atoms with Crippen LogP contribution in [0.25, 0.3) is 0 Å². The van der Waals surface area contributed by atoms with E-state index in [0.29, 0.717) is 0 Å². The second-order valence-electron chi connectivity index (χ2n) is 4.41. The molecule has 3 heteroatoms. The van der Waals surface area contributed by atoms with E-state index in [9.17, 15) is 0 Å².